The van der Waals surface area contributed by atoms with Crippen molar-refractivity contribution in [3.05, 3.63) is 17.5 Å². The fourth-order valence-corrected chi connectivity index (χ4v) is 4.12. The van der Waals surface area contributed by atoms with Crippen LogP contribution in [0.5, 0.6) is 0 Å². The van der Waals surface area contributed by atoms with E-state index in [0.29, 0.717) is 12.5 Å². The highest BCUT2D eigenvalue weighted by molar-refractivity contribution is 5.95. The van der Waals surface area contributed by atoms with Crippen molar-refractivity contribution in [2.75, 3.05) is 40.3 Å². The molecule has 2 amide bonds. The molecule has 0 saturated carbocycles. The molecule has 0 aromatic carbocycles. The van der Waals surface area contributed by atoms with Gasteiger partial charge < -0.3 is 9.80 Å². The normalized spacial score (nSPS) is 23.2. The molecule has 4 heterocycles. The minimum Gasteiger partial charge on any atom is -0.348 e. The van der Waals surface area contributed by atoms with Gasteiger partial charge in [-0.25, -0.2) is 0 Å². The van der Waals surface area contributed by atoms with Crippen LogP contribution in [-0.2, 0) is 11.3 Å². The molecule has 0 radical (unpaired) electrons. The predicted octanol–water partition coefficient (Wildman–Crippen LogP) is 1.23. The van der Waals surface area contributed by atoms with Gasteiger partial charge in [0.15, 0.2) is 0 Å². The number of carbonyl (C=O) groups is 2. The first-order valence-electron chi connectivity index (χ1n) is 9.66. The Labute approximate surface area is 155 Å². The van der Waals surface area contributed by atoms with Gasteiger partial charge in [0, 0.05) is 52.5 Å². The maximum atomic E-state index is 13.2. The molecule has 0 aliphatic carbocycles. The zero-order chi connectivity index (χ0) is 18.8. The minimum atomic E-state index is 0.0975. The summed E-state index contributed by atoms with van der Waals surface area (Å²) in [7, 11) is 3.59. The van der Waals surface area contributed by atoms with Gasteiger partial charge in [0.2, 0.25) is 5.91 Å². The molecular formula is C19H31N5O2. The van der Waals surface area contributed by atoms with Crippen LogP contribution in [0, 0.1) is 12.8 Å². The third-order valence-electron chi connectivity index (χ3n) is 5.54. The minimum absolute atomic E-state index is 0.0975. The van der Waals surface area contributed by atoms with Crippen molar-refractivity contribution in [2.24, 2.45) is 5.92 Å². The first-order chi connectivity index (χ1) is 12.4. The van der Waals surface area contributed by atoms with E-state index in [4.69, 9.17) is 0 Å². The molecule has 4 rings (SSSR count). The Morgan fingerprint density at radius 2 is 2.00 bits per heavy atom. The van der Waals surface area contributed by atoms with E-state index < -0.39 is 0 Å². The van der Waals surface area contributed by atoms with Crippen LogP contribution in [0.25, 0.3) is 0 Å². The fraction of sp³-hybridized carbons (Fsp3) is 0.737. The van der Waals surface area contributed by atoms with E-state index in [1.54, 1.807) is 19.0 Å². The van der Waals surface area contributed by atoms with Crippen LogP contribution < -0.4 is 0 Å². The highest BCUT2D eigenvalue weighted by Gasteiger charge is 2.38. The SMILES string of the molecule is CCCn1cc(C(=O)N2C[C@@H]3CC[C@H]2CN(CC(=O)N(C)C)C3)c(C)n1. The summed E-state index contributed by atoms with van der Waals surface area (Å²) in [5.74, 6) is 0.667. The van der Waals surface area contributed by atoms with Gasteiger partial charge in [-0.05, 0) is 32.1 Å². The van der Waals surface area contributed by atoms with Gasteiger partial charge in [0.05, 0.1) is 17.8 Å². The number of likely N-dealkylation sites (N-methyl/N-ethyl adjacent to an activating group) is 1. The Bertz CT molecular complexity index is 669. The number of aromatic nitrogens is 2. The van der Waals surface area contributed by atoms with E-state index in [2.05, 4.69) is 16.9 Å². The van der Waals surface area contributed by atoms with E-state index in [-0.39, 0.29) is 17.9 Å². The topological polar surface area (TPSA) is 61.7 Å². The zero-order valence-electron chi connectivity index (χ0n) is 16.4. The Hall–Kier alpha value is -1.89. The molecule has 144 valence electrons. The van der Waals surface area contributed by atoms with Gasteiger partial charge in [-0.2, -0.15) is 5.10 Å². The molecule has 7 nitrogen and oxygen atoms in total. The monoisotopic (exact) mass is 361 g/mol. The van der Waals surface area contributed by atoms with Gasteiger partial charge in [0.25, 0.3) is 5.91 Å². The second-order valence-corrected chi connectivity index (χ2v) is 7.93. The highest BCUT2D eigenvalue weighted by atomic mass is 16.2. The molecule has 0 unspecified atom stereocenters. The predicted molar refractivity (Wildman–Crippen MR) is 99.9 cm³/mol. The van der Waals surface area contributed by atoms with Crippen LogP contribution in [0.2, 0.25) is 0 Å². The Morgan fingerprint density at radius 3 is 2.69 bits per heavy atom. The number of aryl methyl sites for hydroxylation is 2. The highest BCUT2D eigenvalue weighted by Crippen LogP contribution is 2.29. The average molecular weight is 361 g/mol. The van der Waals surface area contributed by atoms with E-state index >= 15 is 0 Å². The van der Waals surface area contributed by atoms with Crippen molar-refractivity contribution < 1.29 is 9.59 Å². The van der Waals surface area contributed by atoms with Gasteiger partial charge in [-0.1, -0.05) is 6.92 Å². The third-order valence-corrected chi connectivity index (χ3v) is 5.54. The number of carbonyl (C=O) groups excluding carboxylic acids is 2. The standard InChI is InChI=1S/C19H31N5O2/c1-5-8-23-12-17(14(2)20-23)19(26)24-10-15-6-7-16(24)11-22(9-15)13-18(25)21(3)4/h12,15-16H,5-11,13H2,1-4H3/t15-,16+/m1/s1. The first kappa shape index (κ1) is 18.9. The van der Waals surface area contributed by atoms with Gasteiger partial charge in [0.1, 0.15) is 0 Å². The quantitative estimate of drug-likeness (QED) is 0.791. The molecule has 2 bridgehead atoms. The number of rotatable bonds is 5. The molecule has 3 saturated heterocycles. The maximum absolute atomic E-state index is 13.2. The summed E-state index contributed by atoms with van der Waals surface area (Å²) in [4.78, 5) is 31.2. The van der Waals surface area contributed by atoms with Crippen LogP contribution >= 0.6 is 0 Å². The van der Waals surface area contributed by atoms with E-state index in [9.17, 15) is 9.59 Å². The van der Waals surface area contributed by atoms with Crippen LogP contribution in [0.4, 0.5) is 0 Å². The Kier molecular flexibility index (Phi) is 5.65. The lowest BCUT2D eigenvalue weighted by atomic mass is 9.94. The molecule has 0 spiro atoms. The summed E-state index contributed by atoms with van der Waals surface area (Å²) >= 11 is 0. The number of piperidine rings is 1. The van der Waals surface area contributed by atoms with Gasteiger partial charge in [-0.3, -0.25) is 19.2 Å². The smallest absolute Gasteiger partial charge is 0.257 e. The number of nitrogens with zero attached hydrogens (tertiary/aromatic N) is 5. The number of fused-ring (bicyclic) bond motifs is 4. The van der Waals surface area contributed by atoms with Crippen molar-refractivity contribution >= 4 is 11.8 Å². The summed E-state index contributed by atoms with van der Waals surface area (Å²) in [5, 5.41) is 4.48. The number of hydrogen-bond donors (Lipinski definition) is 0. The molecule has 3 aliphatic rings. The second kappa shape index (κ2) is 7.78. The lowest BCUT2D eigenvalue weighted by Crippen LogP contribution is -2.48. The molecule has 1 aromatic rings. The maximum Gasteiger partial charge on any atom is 0.257 e. The van der Waals surface area contributed by atoms with Crippen molar-refractivity contribution in [3.63, 3.8) is 0 Å². The van der Waals surface area contributed by atoms with Crippen molar-refractivity contribution in [1.82, 2.24) is 24.5 Å². The first-order valence-corrected chi connectivity index (χ1v) is 9.66. The van der Waals surface area contributed by atoms with Crippen LogP contribution in [-0.4, -0.2) is 82.6 Å². The summed E-state index contributed by atoms with van der Waals surface area (Å²) in [6, 6.07) is 0.185. The van der Waals surface area contributed by atoms with Crippen LogP contribution in [0.1, 0.15) is 42.2 Å². The van der Waals surface area contributed by atoms with E-state index in [1.165, 1.54) is 0 Å². The molecule has 26 heavy (non-hydrogen) atoms. The lowest BCUT2D eigenvalue weighted by molar-refractivity contribution is -0.129. The molecule has 7 heteroatoms. The summed E-state index contributed by atoms with van der Waals surface area (Å²) in [5.41, 5.74) is 1.53. The van der Waals surface area contributed by atoms with E-state index in [1.807, 2.05) is 22.7 Å². The molecular weight excluding hydrogens is 330 g/mol. The van der Waals surface area contributed by atoms with Gasteiger partial charge in [-0.15, -0.1) is 0 Å². The molecule has 3 fully saturated rings. The summed E-state index contributed by atoms with van der Waals surface area (Å²) in [6.07, 6.45) is 5.05. The summed E-state index contributed by atoms with van der Waals surface area (Å²) in [6.45, 7) is 7.76. The molecule has 3 aliphatic heterocycles. The van der Waals surface area contributed by atoms with Crippen molar-refractivity contribution in [2.45, 2.75) is 45.7 Å². The lowest BCUT2D eigenvalue weighted by Gasteiger charge is -2.36. The zero-order valence-corrected chi connectivity index (χ0v) is 16.4. The number of hydrogen-bond acceptors (Lipinski definition) is 4. The second-order valence-electron chi connectivity index (χ2n) is 7.93. The van der Waals surface area contributed by atoms with Crippen LogP contribution in [0.3, 0.4) is 0 Å². The largest absolute Gasteiger partial charge is 0.348 e. The fourth-order valence-electron chi connectivity index (χ4n) is 4.12. The number of amides is 2. The van der Waals surface area contributed by atoms with Gasteiger partial charge >= 0.3 is 0 Å². The Morgan fingerprint density at radius 1 is 1.23 bits per heavy atom. The molecule has 1 aromatic heterocycles. The molecule has 2 atom stereocenters. The Balaban J connectivity index is 1.73. The molecule has 0 N–H and O–H groups in total. The summed E-state index contributed by atoms with van der Waals surface area (Å²) < 4.78 is 1.88. The average Bonchev–Trinajstić information content (AvgIpc) is 2.76. The van der Waals surface area contributed by atoms with Crippen LogP contribution in [0.15, 0.2) is 6.20 Å². The van der Waals surface area contributed by atoms with E-state index in [0.717, 1.165) is 56.7 Å². The van der Waals surface area contributed by atoms with Crippen molar-refractivity contribution in [3.8, 4) is 0 Å². The third kappa shape index (κ3) is 3.92. The van der Waals surface area contributed by atoms with Crippen molar-refractivity contribution in [1.29, 1.82) is 0 Å².